The molecule has 25 heavy (non-hydrogen) atoms. The van der Waals surface area contributed by atoms with Crippen molar-refractivity contribution in [1.29, 1.82) is 0 Å². The first kappa shape index (κ1) is 16.6. The van der Waals surface area contributed by atoms with Crippen LogP contribution in [-0.4, -0.2) is 52.8 Å². The molecule has 1 saturated heterocycles. The van der Waals surface area contributed by atoms with Gasteiger partial charge < -0.3 is 19.7 Å². The standard InChI is InChI=1S/C20H26N2O3/c1-3-25-18-12-17(23)20(18)6-8-22(9-7-20)19(24)16-11-14-5-4-13(2)10-15(14)21-16/h4-5,10-11,17-18,21,23H,3,6-9,12H2,1-2H3/t17-,18+/m1/s1. The van der Waals surface area contributed by atoms with Crippen molar-refractivity contribution < 1.29 is 14.6 Å². The Morgan fingerprint density at radius 1 is 1.36 bits per heavy atom. The zero-order chi connectivity index (χ0) is 17.6. The van der Waals surface area contributed by atoms with Crippen molar-refractivity contribution in [2.45, 2.75) is 45.3 Å². The molecule has 2 aromatic rings. The van der Waals surface area contributed by atoms with Gasteiger partial charge in [0.15, 0.2) is 0 Å². The van der Waals surface area contributed by atoms with Crippen LogP contribution in [0, 0.1) is 12.3 Å². The number of carbonyl (C=O) groups is 1. The number of aromatic amines is 1. The number of H-pyrrole nitrogens is 1. The number of likely N-dealkylation sites (tertiary alicyclic amines) is 1. The first-order valence-corrected chi connectivity index (χ1v) is 9.22. The van der Waals surface area contributed by atoms with Gasteiger partial charge >= 0.3 is 0 Å². The molecular weight excluding hydrogens is 316 g/mol. The van der Waals surface area contributed by atoms with Gasteiger partial charge in [0.05, 0.1) is 12.2 Å². The molecule has 2 atom stereocenters. The molecule has 4 rings (SSSR count). The predicted molar refractivity (Wildman–Crippen MR) is 96.6 cm³/mol. The second-order valence-corrected chi connectivity index (χ2v) is 7.49. The van der Waals surface area contributed by atoms with Crippen LogP contribution in [-0.2, 0) is 4.74 Å². The highest BCUT2D eigenvalue weighted by Crippen LogP contribution is 2.51. The molecule has 0 unspecified atom stereocenters. The predicted octanol–water partition coefficient (Wildman–Crippen LogP) is 2.87. The molecule has 1 aromatic carbocycles. The molecule has 5 nitrogen and oxygen atoms in total. The van der Waals surface area contributed by atoms with Crippen molar-refractivity contribution in [2.24, 2.45) is 5.41 Å². The Kier molecular flexibility index (Phi) is 4.08. The summed E-state index contributed by atoms with van der Waals surface area (Å²) >= 11 is 0. The van der Waals surface area contributed by atoms with Crippen LogP contribution >= 0.6 is 0 Å². The van der Waals surface area contributed by atoms with E-state index < -0.39 is 0 Å². The van der Waals surface area contributed by atoms with Crippen molar-refractivity contribution in [3.8, 4) is 0 Å². The molecule has 2 fully saturated rings. The number of aliphatic hydroxyl groups excluding tert-OH is 1. The Morgan fingerprint density at radius 3 is 2.80 bits per heavy atom. The lowest BCUT2D eigenvalue weighted by Gasteiger charge is -2.56. The van der Waals surface area contributed by atoms with Crippen molar-refractivity contribution >= 4 is 16.8 Å². The monoisotopic (exact) mass is 342 g/mol. The van der Waals surface area contributed by atoms with E-state index in [2.05, 4.69) is 17.1 Å². The Bertz CT molecular complexity index is 787. The molecule has 2 aliphatic rings. The number of piperidine rings is 1. The van der Waals surface area contributed by atoms with E-state index in [-0.39, 0.29) is 23.5 Å². The van der Waals surface area contributed by atoms with E-state index in [4.69, 9.17) is 4.74 Å². The topological polar surface area (TPSA) is 65.6 Å². The molecule has 0 bridgehead atoms. The first-order chi connectivity index (χ1) is 12.0. The number of aliphatic hydroxyl groups is 1. The molecule has 1 spiro atoms. The highest BCUT2D eigenvalue weighted by molar-refractivity contribution is 5.98. The maximum Gasteiger partial charge on any atom is 0.270 e. The first-order valence-electron chi connectivity index (χ1n) is 9.22. The van der Waals surface area contributed by atoms with Crippen LogP contribution in [0.5, 0.6) is 0 Å². The second-order valence-electron chi connectivity index (χ2n) is 7.49. The largest absolute Gasteiger partial charge is 0.392 e. The number of rotatable bonds is 3. The van der Waals surface area contributed by atoms with Crippen molar-refractivity contribution in [3.63, 3.8) is 0 Å². The second kappa shape index (κ2) is 6.15. The van der Waals surface area contributed by atoms with Crippen molar-refractivity contribution in [3.05, 3.63) is 35.5 Å². The minimum Gasteiger partial charge on any atom is -0.392 e. The lowest BCUT2D eigenvalue weighted by molar-refractivity contribution is -0.207. The molecule has 1 aliphatic carbocycles. The zero-order valence-corrected chi connectivity index (χ0v) is 14.9. The summed E-state index contributed by atoms with van der Waals surface area (Å²) < 4.78 is 5.80. The number of amides is 1. The van der Waals surface area contributed by atoms with E-state index in [0.29, 0.717) is 25.4 Å². The van der Waals surface area contributed by atoms with Gasteiger partial charge in [-0.2, -0.15) is 0 Å². The third kappa shape index (κ3) is 2.66. The van der Waals surface area contributed by atoms with Crippen LogP contribution in [0.1, 0.15) is 42.2 Å². The Morgan fingerprint density at radius 2 is 2.12 bits per heavy atom. The minimum atomic E-state index is -0.294. The summed E-state index contributed by atoms with van der Waals surface area (Å²) in [4.78, 5) is 18.0. The molecular formula is C20H26N2O3. The molecule has 2 N–H and O–H groups in total. The molecule has 5 heteroatoms. The SMILES string of the molecule is CCO[C@H]1C[C@@H](O)C12CCN(C(=O)c1cc3ccc(C)cc3[nH]1)CC2. The van der Waals surface area contributed by atoms with E-state index >= 15 is 0 Å². The summed E-state index contributed by atoms with van der Waals surface area (Å²) in [7, 11) is 0. The van der Waals surface area contributed by atoms with Gasteiger partial charge in [-0.05, 0) is 44.4 Å². The third-order valence-electron chi connectivity index (χ3n) is 6.10. The summed E-state index contributed by atoms with van der Waals surface area (Å²) in [6, 6.07) is 8.10. The fourth-order valence-electron chi connectivity index (χ4n) is 4.47. The van der Waals surface area contributed by atoms with E-state index in [1.54, 1.807) is 0 Å². The van der Waals surface area contributed by atoms with E-state index in [1.165, 1.54) is 5.56 Å². The molecule has 1 saturated carbocycles. The van der Waals surface area contributed by atoms with Gasteiger partial charge in [0.1, 0.15) is 5.69 Å². The van der Waals surface area contributed by atoms with Crippen molar-refractivity contribution in [2.75, 3.05) is 19.7 Å². The van der Waals surface area contributed by atoms with Crippen molar-refractivity contribution in [1.82, 2.24) is 9.88 Å². The van der Waals surface area contributed by atoms with Crippen LogP contribution < -0.4 is 0 Å². The summed E-state index contributed by atoms with van der Waals surface area (Å²) in [5, 5.41) is 11.4. The fraction of sp³-hybridized carbons (Fsp3) is 0.550. The Hall–Kier alpha value is -1.85. The van der Waals surface area contributed by atoms with E-state index in [1.807, 2.05) is 30.9 Å². The van der Waals surface area contributed by atoms with E-state index in [9.17, 15) is 9.90 Å². The lowest BCUT2D eigenvalue weighted by atomic mass is 9.58. The van der Waals surface area contributed by atoms with Gasteiger partial charge in [-0.15, -0.1) is 0 Å². The number of aromatic nitrogens is 1. The van der Waals surface area contributed by atoms with Crippen LogP contribution in [0.4, 0.5) is 0 Å². The van der Waals surface area contributed by atoms with Gasteiger partial charge in [-0.3, -0.25) is 4.79 Å². The lowest BCUT2D eigenvalue weighted by Crippen LogP contribution is -2.62. The summed E-state index contributed by atoms with van der Waals surface area (Å²) in [5.74, 6) is 0.0467. The molecule has 1 aromatic heterocycles. The zero-order valence-electron chi connectivity index (χ0n) is 14.9. The molecule has 134 valence electrons. The van der Waals surface area contributed by atoms with Gasteiger partial charge in [-0.1, -0.05) is 12.1 Å². The van der Waals surface area contributed by atoms with Gasteiger partial charge in [-0.25, -0.2) is 0 Å². The molecule has 0 radical (unpaired) electrons. The maximum atomic E-state index is 12.9. The quantitative estimate of drug-likeness (QED) is 0.901. The number of fused-ring (bicyclic) bond motifs is 1. The van der Waals surface area contributed by atoms with Crippen LogP contribution in [0.2, 0.25) is 0 Å². The number of hydrogen-bond donors (Lipinski definition) is 2. The molecule has 2 heterocycles. The van der Waals surface area contributed by atoms with Gasteiger partial charge in [0.25, 0.3) is 5.91 Å². The van der Waals surface area contributed by atoms with Gasteiger partial charge in [0.2, 0.25) is 0 Å². The normalized spacial score (nSPS) is 25.3. The number of benzene rings is 1. The number of aryl methyl sites for hydroxylation is 1. The van der Waals surface area contributed by atoms with Gasteiger partial charge in [0, 0.05) is 42.4 Å². The highest BCUT2D eigenvalue weighted by atomic mass is 16.5. The maximum absolute atomic E-state index is 12.9. The Labute approximate surface area is 148 Å². The average Bonchev–Trinajstić information content (AvgIpc) is 3.04. The number of carbonyl (C=O) groups excluding carboxylic acids is 1. The smallest absolute Gasteiger partial charge is 0.270 e. The fourth-order valence-corrected chi connectivity index (χ4v) is 4.47. The highest BCUT2D eigenvalue weighted by Gasteiger charge is 2.56. The summed E-state index contributed by atoms with van der Waals surface area (Å²) in [6.07, 6.45) is 2.19. The molecule has 1 aliphatic heterocycles. The summed E-state index contributed by atoms with van der Waals surface area (Å²) in [6.45, 7) is 6.07. The van der Waals surface area contributed by atoms with Crippen LogP contribution in [0.25, 0.3) is 10.9 Å². The van der Waals surface area contributed by atoms with Crippen LogP contribution in [0.3, 0.4) is 0 Å². The number of nitrogens with zero attached hydrogens (tertiary/aromatic N) is 1. The Balaban J connectivity index is 1.47. The number of ether oxygens (including phenoxy) is 1. The van der Waals surface area contributed by atoms with Crippen LogP contribution in [0.15, 0.2) is 24.3 Å². The molecule has 1 amide bonds. The number of nitrogens with one attached hydrogen (secondary N) is 1. The minimum absolute atomic E-state index is 0.0467. The number of hydrogen-bond acceptors (Lipinski definition) is 3. The average molecular weight is 342 g/mol. The summed E-state index contributed by atoms with van der Waals surface area (Å²) in [5.41, 5.74) is 2.67. The van der Waals surface area contributed by atoms with E-state index in [0.717, 1.165) is 30.2 Å². The third-order valence-corrected chi connectivity index (χ3v) is 6.10.